The molecule has 2 amide bonds. The third kappa shape index (κ3) is 6.00. The molecule has 1 aromatic heterocycles. The first-order valence-electron chi connectivity index (χ1n) is 11.1. The van der Waals surface area contributed by atoms with Gasteiger partial charge in [-0.1, -0.05) is 45.9 Å². The summed E-state index contributed by atoms with van der Waals surface area (Å²) < 4.78 is 6.89. The third-order valence-corrected chi connectivity index (χ3v) is 5.20. The van der Waals surface area contributed by atoms with E-state index in [9.17, 15) is 9.59 Å². The van der Waals surface area contributed by atoms with E-state index in [1.54, 1.807) is 41.0 Å². The highest BCUT2D eigenvalue weighted by Gasteiger charge is 2.23. The summed E-state index contributed by atoms with van der Waals surface area (Å²) in [6.45, 7) is 8.63. The maximum atomic E-state index is 13.0. The lowest BCUT2D eigenvalue weighted by Crippen LogP contribution is -2.38. The van der Waals surface area contributed by atoms with Crippen molar-refractivity contribution in [1.82, 2.24) is 14.7 Å². The molecule has 3 aromatic rings. The van der Waals surface area contributed by atoms with Crippen LogP contribution in [0.15, 0.2) is 60.7 Å². The molecule has 0 aliphatic rings. The highest BCUT2D eigenvalue weighted by atomic mass is 16.5. The first kappa shape index (κ1) is 24.0. The molecule has 0 aliphatic heterocycles. The molecule has 0 radical (unpaired) electrons. The van der Waals surface area contributed by atoms with Crippen LogP contribution in [0, 0.1) is 0 Å². The number of carbonyl (C=O) groups excluding carboxylic acids is 2. The fourth-order valence-corrected chi connectivity index (χ4v) is 3.40. The van der Waals surface area contributed by atoms with Crippen LogP contribution in [0.5, 0.6) is 5.75 Å². The average Bonchev–Trinajstić information content (AvgIpc) is 3.23. The molecule has 7 heteroatoms. The number of methoxy groups -OCH3 is 1. The van der Waals surface area contributed by atoms with Crippen LogP contribution in [0.3, 0.4) is 0 Å². The number of carbonyl (C=O) groups is 2. The van der Waals surface area contributed by atoms with Crippen LogP contribution < -0.4 is 10.1 Å². The summed E-state index contributed by atoms with van der Waals surface area (Å²) in [6.07, 6.45) is 0.741. The molecule has 0 atom stereocenters. The van der Waals surface area contributed by atoms with E-state index in [0.29, 0.717) is 23.7 Å². The summed E-state index contributed by atoms with van der Waals surface area (Å²) >= 11 is 0. The van der Waals surface area contributed by atoms with Crippen LogP contribution in [-0.2, 0) is 10.2 Å². The van der Waals surface area contributed by atoms with Gasteiger partial charge >= 0.3 is 0 Å². The van der Waals surface area contributed by atoms with Crippen LogP contribution in [0.2, 0.25) is 0 Å². The molecule has 0 fully saturated rings. The number of hydrogen-bond acceptors (Lipinski definition) is 4. The highest BCUT2D eigenvalue weighted by Crippen LogP contribution is 2.26. The number of aromatic nitrogens is 2. The van der Waals surface area contributed by atoms with Gasteiger partial charge in [-0.05, 0) is 42.8 Å². The SMILES string of the molecule is CCCN(CC(=O)Nc1cc(C(C)(C)C)nn1-c1ccccc1)C(=O)c1ccc(OC)cc1. The first-order chi connectivity index (χ1) is 15.7. The summed E-state index contributed by atoms with van der Waals surface area (Å²) in [5.74, 6) is 0.782. The molecule has 174 valence electrons. The van der Waals surface area contributed by atoms with Crippen LogP contribution in [0.25, 0.3) is 5.69 Å². The first-order valence-corrected chi connectivity index (χ1v) is 11.1. The summed E-state index contributed by atoms with van der Waals surface area (Å²) in [5.41, 5.74) is 2.05. The Morgan fingerprint density at radius 3 is 2.30 bits per heavy atom. The zero-order valence-electron chi connectivity index (χ0n) is 20.0. The van der Waals surface area contributed by atoms with Gasteiger partial charge in [0.2, 0.25) is 5.91 Å². The van der Waals surface area contributed by atoms with Gasteiger partial charge in [0, 0.05) is 23.6 Å². The average molecular weight is 449 g/mol. The summed E-state index contributed by atoms with van der Waals surface area (Å²) in [6, 6.07) is 18.4. The van der Waals surface area contributed by atoms with E-state index in [1.165, 1.54) is 0 Å². The molecule has 0 saturated heterocycles. The Kier molecular flexibility index (Phi) is 7.53. The predicted octanol–water partition coefficient (Wildman–Crippen LogP) is 4.67. The highest BCUT2D eigenvalue weighted by molar-refractivity contribution is 5.99. The van der Waals surface area contributed by atoms with Crippen molar-refractivity contribution in [2.45, 2.75) is 39.5 Å². The normalized spacial score (nSPS) is 11.2. The summed E-state index contributed by atoms with van der Waals surface area (Å²) in [5, 5.41) is 7.69. The van der Waals surface area contributed by atoms with Crippen LogP contribution >= 0.6 is 0 Å². The van der Waals surface area contributed by atoms with Crippen molar-refractivity contribution in [2.24, 2.45) is 0 Å². The number of nitrogens with zero attached hydrogens (tertiary/aromatic N) is 3. The molecule has 0 saturated carbocycles. The van der Waals surface area contributed by atoms with Crippen LogP contribution in [-0.4, -0.2) is 46.7 Å². The molecular formula is C26H32N4O3. The monoisotopic (exact) mass is 448 g/mol. The molecule has 7 nitrogen and oxygen atoms in total. The Bertz CT molecular complexity index is 1080. The maximum absolute atomic E-state index is 13.0. The Hall–Kier alpha value is -3.61. The van der Waals surface area contributed by atoms with E-state index < -0.39 is 0 Å². The van der Waals surface area contributed by atoms with Gasteiger partial charge in [-0.15, -0.1) is 0 Å². The Balaban J connectivity index is 1.81. The second-order valence-corrected chi connectivity index (χ2v) is 8.92. The summed E-state index contributed by atoms with van der Waals surface area (Å²) in [4.78, 5) is 27.6. The molecule has 3 rings (SSSR count). The Labute approximate surface area is 195 Å². The van der Waals surface area contributed by atoms with Crippen molar-refractivity contribution < 1.29 is 14.3 Å². The molecule has 1 heterocycles. The lowest BCUT2D eigenvalue weighted by atomic mass is 9.92. The van der Waals surface area contributed by atoms with E-state index >= 15 is 0 Å². The van der Waals surface area contributed by atoms with Gasteiger partial charge < -0.3 is 15.0 Å². The van der Waals surface area contributed by atoms with Gasteiger partial charge in [0.25, 0.3) is 5.91 Å². The van der Waals surface area contributed by atoms with E-state index in [1.807, 2.05) is 43.3 Å². The third-order valence-electron chi connectivity index (χ3n) is 5.20. The quantitative estimate of drug-likeness (QED) is 0.543. The van der Waals surface area contributed by atoms with Crippen molar-refractivity contribution >= 4 is 17.6 Å². The molecule has 0 aliphatic carbocycles. The zero-order valence-corrected chi connectivity index (χ0v) is 20.0. The van der Waals surface area contributed by atoms with E-state index in [4.69, 9.17) is 9.84 Å². The fraction of sp³-hybridized carbons (Fsp3) is 0.346. The number of rotatable bonds is 8. The van der Waals surface area contributed by atoms with Gasteiger partial charge in [0.1, 0.15) is 18.1 Å². The number of anilines is 1. The molecular weight excluding hydrogens is 416 g/mol. The number of hydrogen-bond donors (Lipinski definition) is 1. The van der Waals surface area contributed by atoms with E-state index in [0.717, 1.165) is 17.8 Å². The van der Waals surface area contributed by atoms with Crippen molar-refractivity contribution in [3.8, 4) is 11.4 Å². The zero-order chi connectivity index (χ0) is 24.0. The minimum atomic E-state index is -0.275. The van der Waals surface area contributed by atoms with Crippen molar-refractivity contribution in [1.29, 1.82) is 0 Å². The molecule has 1 N–H and O–H groups in total. The van der Waals surface area contributed by atoms with Crippen molar-refractivity contribution in [3.63, 3.8) is 0 Å². The molecule has 0 unspecified atom stereocenters. The topological polar surface area (TPSA) is 76.5 Å². The second kappa shape index (κ2) is 10.3. The number of ether oxygens (including phenoxy) is 1. The number of amides is 2. The minimum absolute atomic E-state index is 0.0521. The Morgan fingerprint density at radius 1 is 1.06 bits per heavy atom. The van der Waals surface area contributed by atoms with Gasteiger partial charge in [-0.25, -0.2) is 4.68 Å². The van der Waals surface area contributed by atoms with Gasteiger partial charge in [-0.2, -0.15) is 5.10 Å². The smallest absolute Gasteiger partial charge is 0.254 e. The fourth-order valence-electron chi connectivity index (χ4n) is 3.40. The minimum Gasteiger partial charge on any atom is -0.497 e. The predicted molar refractivity (Wildman–Crippen MR) is 130 cm³/mol. The number of para-hydroxylation sites is 1. The number of nitrogens with one attached hydrogen (secondary N) is 1. The lowest BCUT2D eigenvalue weighted by Gasteiger charge is -2.22. The molecule has 0 spiro atoms. The number of benzene rings is 2. The van der Waals surface area contributed by atoms with Crippen molar-refractivity contribution in [3.05, 3.63) is 71.9 Å². The van der Waals surface area contributed by atoms with Gasteiger partial charge in [0.05, 0.1) is 18.5 Å². The van der Waals surface area contributed by atoms with Gasteiger partial charge in [-0.3, -0.25) is 9.59 Å². The lowest BCUT2D eigenvalue weighted by molar-refractivity contribution is -0.116. The summed E-state index contributed by atoms with van der Waals surface area (Å²) in [7, 11) is 1.58. The van der Waals surface area contributed by atoms with Crippen LogP contribution in [0.4, 0.5) is 5.82 Å². The standard InChI is InChI=1S/C26H32N4O3/c1-6-16-29(25(32)19-12-14-21(33-5)15-13-19)18-24(31)27-23-17-22(26(2,3)4)28-30(23)20-10-8-7-9-11-20/h7-15,17H,6,16,18H2,1-5H3,(H,27,31). The van der Waals surface area contributed by atoms with Crippen molar-refractivity contribution in [2.75, 3.05) is 25.5 Å². The molecule has 0 bridgehead atoms. The molecule has 33 heavy (non-hydrogen) atoms. The second-order valence-electron chi connectivity index (χ2n) is 8.92. The van der Waals surface area contributed by atoms with Gasteiger partial charge in [0.15, 0.2) is 0 Å². The van der Waals surface area contributed by atoms with E-state index in [2.05, 4.69) is 26.1 Å². The largest absolute Gasteiger partial charge is 0.497 e. The Morgan fingerprint density at radius 2 is 1.73 bits per heavy atom. The van der Waals surface area contributed by atoms with E-state index in [-0.39, 0.29) is 23.8 Å². The van der Waals surface area contributed by atoms with Crippen LogP contribution in [0.1, 0.15) is 50.2 Å². The molecule has 2 aromatic carbocycles. The maximum Gasteiger partial charge on any atom is 0.254 e.